The number of carbonyl (C=O) groups is 1. The van der Waals surface area contributed by atoms with Crippen LogP contribution >= 0.6 is 22.3 Å². The molecular weight excluding hydrogens is 325 g/mol. The normalized spacial score (nSPS) is 19.0. The average Bonchev–Trinajstić information content (AvgIpc) is 2.83. The van der Waals surface area contributed by atoms with Crippen LogP contribution in [-0.2, 0) is 18.6 Å². The first-order valence-electron chi connectivity index (χ1n) is 6.02. The molecule has 0 saturated carbocycles. The number of ether oxygens (including phenoxy) is 1. The summed E-state index contributed by atoms with van der Waals surface area (Å²) < 4.78 is 27.7. The molecule has 0 aromatic heterocycles. The summed E-state index contributed by atoms with van der Waals surface area (Å²) in [4.78, 5) is 11.7. The second kappa shape index (κ2) is 6.30. The van der Waals surface area contributed by atoms with E-state index in [0.717, 1.165) is 12.8 Å². The van der Waals surface area contributed by atoms with Crippen LogP contribution < -0.4 is 5.32 Å². The fourth-order valence-corrected chi connectivity index (χ4v) is 3.03. The van der Waals surface area contributed by atoms with Crippen molar-refractivity contribution in [3.63, 3.8) is 0 Å². The maximum Gasteiger partial charge on any atom is 0.261 e. The van der Waals surface area contributed by atoms with Gasteiger partial charge in [0.25, 0.3) is 9.05 Å². The van der Waals surface area contributed by atoms with E-state index in [9.17, 15) is 13.2 Å². The van der Waals surface area contributed by atoms with Gasteiger partial charge >= 0.3 is 0 Å². The zero-order valence-electron chi connectivity index (χ0n) is 10.4. The van der Waals surface area contributed by atoms with Crippen LogP contribution in [0, 0.1) is 0 Å². The average molecular weight is 338 g/mol. The van der Waals surface area contributed by atoms with Gasteiger partial charge in [-0.3, -0.25) is 4.79 Å². The molecule has 1 aromatic carbocycles. The second-order valence-electron chi connectivity index (χ2n) is 4.47. The molecule has 1 aliphatic heterocycles. The Morgan fingerprint density at radius 1 is 1.45 bits per heavy atom. The Bertz CT molecular complexity index is 612. The molecule has 0 radical (unpaired) electrons. The van der Waals surface area contributed by atoms with Gasteiger partial charge in [0.15, 0.2) is 0 Å². The fourth-order valence-electron chi connectivity index (χ4n) is 1.96. The first kappa shape index (κ1) is 15.6. The Hall–Kier alpha value is -0.820. The van der Waals surface area contributed by atoms with Crippen LogP contribution in [0.3, 0.4) is 0 Å². The molecule has 1 fully saturated rings. The van der Waals surface area contributed by atoms with Gasteiger partial charge in [-0.25, -0.2) is 8.42 Å². The number of nitrogens with one attached hydrogen (secondary N) is 1. The van der Waals surface area contributed by atoms with Crippen molar-refractivity contribution in [3.05, 3.63) is 23.2 Å². The molecule has 8 heteroatoms. The zero-order chi connectivity index (χ0) is 14.8. The van der Waals surface area contributed by atoms with Crippen molar-refractivity contribution in [1.82, 2.24) is 0 Å². The zero-order valence-corrected chi connectivity index (χ0v) is 12.8. The minimum absolute atomic E-state index is 0.0590. The summed E-state index contributed by atoms with van der Waals surface area (Å²) in [5.74, 6) is -0.222. The molecule has 0 spiro atoms. The van der Waals surface area contributed by atoms with Gasteiger partial charge in [0.2, 0.25) is 5.91 Å². The number of carbonyl (C=O) groups excluding carboxylic acids is 1. The molecule has 5 nitrogen and oxygen atoms in total. The third kappa shape index (κ3) is 4.09. The largest absolute Gasteiger partial charge is 0.378 e. The molecule has 1 N–H and O–H groups in total. The smallest absolute Gasteiger partial charge is 0.261 e. The predicted octanol–water partition coefficient (Wildman–Crippen LogP) is 2.78. The third-order valence-corrected chi connectivity index (χ3v) is 4.60. The second-order valence-corrected chi connectivity index (χ2v) is 7.44. The van der Waals surface area contributed by atoms with E-state index in [0.29, 0.717) is 12.3 Å². The highest BCUT2D eigenvalue weighted by molar-refractivity contribution is 8.13. The maximum absolute atomic E-state index is 11.8. The number of amides is 1. The number of benzene rings is 1. The molecule has 1 aliphatic rings. The SMILES string of the molecule is O=C(CC1CCCO1)Nc1ccc(S(=O)(=O)Cl)cc1Cl. The summed E-state index contributed by atoms with van der Waals surface area (Å²) in [5, 5.41) is 2.74. The molecule has 110 valence electrons. The minimum atomic E-state index is -3.83. The number of anilines is 1. The van der Waals surface area contributed by atoms with E-state index in [-0.39, 0.29) is 28.4 Å². The Kier molecular flexibility index (Phi) is 4.90. The van der Waals surface area contributed by atoms with Crippen LogP contribution in [-0.4, -0.2) is 27.0 Å². The molecule has 1 atom stereocenters. The Morgan fingerprint density at radius 2 is 2.20 bits per heavy atom. The number of halogens is 2. The summed E-state index contributed by atoms with van der Waals surface area (Å²) in [7, 11) is 1.38. The summed E-state index contributed by atoms with van der Waals surface area (Å²) in [6, 6.07) is 3.90. The standard InChI is InChI=1S/C12H13Cl2NO4S/c13-10-7-9(20(14,17)18)3-4-11(10)15-12(16)6-8-2-1-5-19-8/h3-4,7-8H,1-2,5-6H2,(H,15,16). The quantitative estimate of drug-likeness (QED) is 0.857. The van der Waals surface area contributed by atoms with Crippen LogP contribution in [0.4, 0.5) is 5.69 Å². The fraction of sp³-hybridized carbons (Fsp3) is 0.417. The molecular formula is C12H13Cl2NO4S. The number of hydrogen-bond acceptors (Lipinski definition) is 4. The van der Waals surface area contributed by atoms with Crippen molar-refractivity contribution in [1.29, 1.82) is 0 Å². The van der Waals surface area contributed by atoms with Crippen molar-refractivity contribution < 1.29 is 17.9 Å². The Morgan fingerprint density at radius 3 is 2.75 bits per heavy atom. The topological polar surface area (TPSA) is 72.5 Å². The Balaban J connectivity index is 2.04. The lowest BCUT2D eigenvalue weighted by Crippen LogP contribution is -2.19. The van der Waals surface area contributed by atoms with Crippen LogP contribution in [0.5, 0.6) is 0 Å². The molecule has 0 bridgehead atoms. The van der Waals surface area contributed by atoms with E-state index in [4.69, 9.17) is 27.0 Å². The Labute approximate surface area is 126 Å². The van der Waals surface area contributed by atoms with Crippen molar-refractivity contribution >= 4 is 42.9 Å². The highest BCUT2D eigenvalue weighted by Crippen LogP contribution is 2.27. The molecule has 1 saturated heterocycles. The van der Waals surface area contributed by atoms with Crippen LogP contribution in [0.25, 0.3) is 0 Å². The molecule has 2 rings (SSSR count). The first-order valence-corrected chi connectivity index (χ1v) is 8.70. The molecule has 1 aromatic rings. The summed E-state index contributed by atoms with van der Waals surface area (Å²) in [5.41, 5.74) is 0.346. The van der Waals surface area contributed by atoms with Gasteiger partial charge in [0.1, 0.15) is 0 Å². The minimum Gasteiger partial charge on any atom is -0.378 e. The van der Waals surface area contributed by atoms with Crippen molar-refractivity contribution in [2.45, 2.75) is 30.3 Å². The van der Waals surface area contributed by atoms with Crippen molar-refractivity contribution in [2.24, 2.45) is 0 Å². The van der Waals surface area contributed by atoms with Crippen molar-refractivity contribution in [3.8, 4) is 0 Å². The van der Waals surface area contributed by atoms with Gasteiger partial charge in [-0.1, -0.05) is 11.6 Å². The van der Waals surface area contributed by atoms with Crippen molar-refractivity contribution in [2.75, 3.05) is 11.9 Å². The lowest BCUT2D eigenvalue weighted by atomic mass is 10.2. The molecule has 0 aliphatic carbocycles. The lowest BCUT2D eigenvalue weighted by Gasteiger charge is -2.11. The van der Waals surface area contributed by atoms with Crippen LogP contribution in [0.2, 0.25) is 5.02 Å². The molecule has 1 amide bonds. The molecule has 20 heavy (non-hydrogen) atoms. The van der Waals surface area contributed by atoms with Gasteiger partial charge in [-0.05, 0) is 31.0 Å². The van der Waals surface area contributed by atoms with E-state index < -0.39 is 9.05 Å². The van der Waals surface area contributed by atoms with Gasteiger partial charge in [0.05, 0.1) is 28.1 Å². The highest BCUT2D eigenvalue weighted by Gasteiger charge is 2.20. The summed E-state index contributed by atoms with van der Waals surface area (Å²) in [6.07, 6.45) is 2.02. The van der Waals surface area contributed by atoms with Crippen LogP contribution in [0.15, 0.2) is 23.1 Å². The maximum atomic E-state index is 11.8. The van der Waals surface area contributed by atoms with E-state index >= 15 is 0 Å². The van der Waals surface area contributed by atoms with Gasteiger partial charge in [-0.2, -0.15) is 0 Å². The van der Waals surface area contributed by atoms with E-state index in [2.05, 4.69) is 5.32 Å². The number of rotatable bonds is 4. The van der Waals surface area contributed by atoms with Gasteiger partial charge in [0, 0.05) is 17.3 Å². The van der Waals surface area contributed by atoms with Crippen LogP contribution in [0.1, 0.15) is 19.3 Å². The molecule has 1 heterocycles. The monoisotopic (exact) mass is 337 g/mol. The summed E-state index contributed by atoms with van der Waals surface area (Å²) >= 11 is 5.93. The number of hydrogen-bond donors (Lipinski definition) is 1. The first-order chi connectivity index (χ1) is 9.36. The van der Waals surface area contributed by atoms with E-state index in [1.807, 2.05) is 0 Å². The van der Waals surface area contributed by atoms with Gasteiger partial charge < -0.3 is 10.1 Å². The lowest BCUT2D eigenvalue weighted by molar-refractivity contribution is -0.118. The highest BCUT2D eigenvalue weighted by atomic mass is 35.7. The third-order valence-electron chi connectivity index (χ3n) is 2.93. The molecule has 1 unspecified atom stereocenters. The predicted molar refractivity (Wildman–Crippen MR) is 76.7 cm³/mol. The van der Waals surface area contributed by atoms with E-state index in [1.165, 1.54) is 18.2 Å². The van der Waals surface area contributed by atoms with Gasteiger partial charge in [-0.15, -0.1) is 0 Å². The van der Waals surface area contributed by atoms with E-state index in [1.54, 1.807) is 0 Å². The summed E-state index contributed by atoms with van der Waals surface area (Å²) in [6.45, 7) is 0.682.